The molecule has 0 amide bonds. The minimum Gasteiger partial charge on any atom is -0.481 e. The number of Topliss-reactive ketones (excluding diaryl/α,β-unsaturated/α-hetero) is 1. The van der Waals surface area contributed by atoms with Gasteiger partial charge in [0.1, 0.15) is 17.5 Å². The summed E-state index contributed by atoms with van der Waals surface area (Å²) in [6, 6.07) is 0. The van der Waals surface area contributed by atoms with E-state index in [-0.39, 0.29) is 37.0 Å². The molecule has 0 bridgehead atoms. The number of ether oxygens (including phenoxy) is 3. The third kappa shape index (κ3) is 3.14. The minimum atomic E-state index is -1.52. The van der Waals surface area contributed by atoms with E-state index < -0.39 is 81.8 Å². The molecular formula is C26H34O11. The number of ketones is 1. The summed E-state index contributed by atoms with van der Waals surface area (Å²) in [4.78, 5) is 51.4. The van der Waals surface area contributed by atoms with Crippen LogP contribution >= 0.6 is 0 Å². The number of fused-ring (bicyclic) bond motifs is 1. The van der Waals surface area contributed by atoms with E-state index in [1.807, 2.05) is 0 Å². The number of esters is 2. The van der Waals surface area contributed by atoms with E-state index in [1.54, 1.807) is 34.6 Å². The maximum Gasteiger partial charge on any atom is 0.340 e. The highest BCUT2D eigenvalue weighted by molar-refractivity contribution is 5.96. The van der Waals surface area contributed by atoms with Crippen molar-refractivity contribution in [1.29, 1.82) is 0 Å². The number of cyclic esters (lactones) is 2. The van der Waals surface area contributed by atoms with Crippen molar-refractivity contribution in [2.45, 2.75) is 96.1 Å². The maximum atomic E-state index is 14.1. The average Bonchev–Trinajstić information content (AvgIpc) is 3.46. The molecule has 0 aromatic heterocycles. The first-order chi connectivity index (χ1) is 16.9. The van der Waals surface area contributed by atoms with Crippen LogP contribution in [-0.2, 0) is 33.4 Å². The van der Waals surface area contributed by atoms with Gasteiger partial charge in [0, 0.05) is 24.2 Å². The Balaban J connectivity index is 1.69. The molecule has 1 spiro atoms. The van der Waals surface area contributed by atoms with Gasteiger partial charge in [-0.25, -0.2) is 9.59 Å². The Morgan fingerprint density at radius 1 is 1.11 bits per heavy atom. The smallest absolute Gasteiger partial charge is 0.340 e. The second-order valence-corrected chi connectivity index (χ2v) is 12.6. The van der Waals surface area contributed by atoms with Crippen LogP contribution in [0.3, 0.4) is 0 Å². The standard InChI is InChI=1S/C26H34O11/c1-22(2,34)13-9-14(28)25(5)17(23(13,3)7-6-15(29)30)12(27)10-24(4)18(11-8-16(31)35-20(11)32)36-21(33)19-26(24,25)37-19/h8,12-13,16-19,27,31,34H,6-7,9-10H2,1-5H3,(H,29,30)/t12-,13+,16-,17+,18-,19+,23-,24-,25+,26+/m0/s1. The van der Waals surface area contributed by atoms with Crippen molar-refractivity contribution < 1.29 is 53.8 Å². The van der Waals surface area contributed by atoms with Gasteiger partial charge in [0.25, 0.3) is 0 Å². The summed E-state index contributed by atoms with van der Waals surface area (Å²) >= 11 is 0. The summed E-state index contributed by atoms with van der Waals surface area (Å²) in [6.07, 6.45) is -4.26. The van der Waals surface area contributed by atoms with Crippen LogP contribution in [0.1, 0.15) is 60.3 Å². The Morgan fingerprint density at radius 3 is 2.30 bits per heavy atom. The van der Waals surface area contributed by atoms with E-state index in [0.717, 1.165) is 6.08 Å². The first-order valence-corrected chi connectivity index (χ1v) is 12.6. The predicted octanol–water partition coefficient (Wildman–Crippen LogP) is 0.475. The van der Waals surface area contributed by atoms with Gasteiger partial charge in [-0.1, -0.05) is 13.8 Å². The monoisotopic (exact) mass is 522 g/mol. The average molecular weight is 523 g/mol. The van der Waals surface area contributed by atoms with E-state index in [9.17, 15) is 39.6 Å². The number of hydrogen-bond donors (Lipinski definition) is 4. The molecule has 3 aliphatic heterocycles. The van der Waals surface area contributed by atoms with E-state index >= 15 is 0 Å². The third-order valence-corrected chi connectivity index (χ3v) is 10.2. The molecule has 0 unspecified atom stereocenters. The molecule has 11 nitrogen and oxygen atoms in total. The molecule has 0 radical (unpaired) electrons. The van der Waals surface area contributed by atoms with Gasteiger partial charge in [-0.15, -0.1) is 0 Å². The van der Waals surface area contributed by atoms with E-state index in [0.29, 0.717) is 0 Å². The zero-order chi connectivity index (χ0) is 27.5. The lowest BCUT2D eigenvalue weighted by atomic mass is 9.36. The fourth-order valence-electron chi connectivity index (χ4n) is 8.84. The van der Waals surface area contributed by atoms with Gasteiger partial charge in [-0.2, -0.15) is 0 Å². The first-order valence-electron chi connectivity index (χ1n) is 12.6. The molecule has 5 aliphatic rings. The molecule has 0 aromatic rings. The molecule has 37 heavy (non-hydrogen) atoms. The van der Waals surface area contributed by atoms with Gasteiger partial charge in [0.15, 0.2) is 6.10 Å². The summed E-state index contributed by atoms with van der Waals surface area (Å²) in [5, 5.41) is 42.2. The Labute approximate surface area is 213 Å². The second-order valence-electron chi connectivity index (χ2n) is 12.6. The third-order valence-electron chi connectivity index (χ3n) is 10.2. The zero-order valence-corrected chi connectivity index (χ0v) is 21.5. The number of carbonyl (C=O) groups excluding carboxylic acids is 3. The molecule has 0 aromatic carbocycles. The lowest BCUT2D eigenvalue weighted by Crippen LogP contribution is -2.75. The number of aliphatic hydroxyl groups is 3. The topological polar surface area (TPSA) is 180 Å². The fourth-order valence-corrected chi connectivity index (χ4v) is 8.84. The van der Waals surface area contributed by atoms with Crippen LogP contribution in [0.2, 0.25) is 0 Å². The fraction of sp³-hybridized carbons (Fsp3) is 0.769. The lowest BCUT2D eigenvalue weighted by molar-refractivity contribution is -0.243. The van der Waals surface area contributed by atoms with Crippen LogP contribution in [0.25, 0.3) is 0 Å². The normalized spacial score (nSPS) is 48.8. The van der Waals surface area contributed by atoms with Gasteiger partial charge in [0.05, 0.1) is 22.7 Å². The summed E-state index contributed by atoms with van der Waals surface area (Å²) < 4.78 is 16.6. The van der Waals surface area contributed by atoms with Gasteiger partial charge >= 0.3 is 17.9 Å². The van der Waals surface area contributed by atoms with Crippen molar-refractivity contribution in [3.63, 3.8) is 0 Å². The molecule has 3 heterocycles. The highest BCUT2D eigenvalue weighted by Crippen LogP contribution is 2.77. The van der Waals surface area contributed by atoms with Crippen molar-refractivity contribution in [1.82, 2.24) is 0 Å². The number of carboxylic acid groups (broad SMARTS) is 1. The van der Waals surface area contributed by atoms with Gasteiger partial charge < -0.3 is 34.6 Å². The Kier molecular flexibility index (Phi) is 5.41. The number of carbonyl (C=O) groups is 4. The lowest BCUT2D eigenvalue weighted by Gasteiger charge is -2.67. The number of carboxylic acids is 1. The van der Waals surface area contributed by atoms with Gasteiger partial charge in [0.2, 0.25) is 6.29 Å². The molecular weight excluding hydrogens is 488 g/mol. The predicted molar refractivity (Wildman–Crippen MR) is 122 cm³/mol. The first kappa shape index (κ1) is 26.3. The van der Waals surface area contributed by atoms with E-state index in [2.05, 4.69) is 0 Å². The molecule has 2 saturated carbocycles. The molecule has 11 heteroatoms. The van der Waals surface area contributed by atoms with Gasteiger partial charge in [-0.3, -0.25) is 9.59 Å². The minimum absolute atomic E-state index is 0.0447. The Morgan fingerprint density at radius 2 is 1.76 bits per heavy atom. The van der Waals surface area contributed by atoms with Crippen LogP contribution in [0.5, 0.6) is 0 Å². The van der Waals surface area contributed by atoms with Crippen LogP contribution in [0.15, 0.2) is 11.6 Å². The molecule has 10 atom stereocenters. The summed E-state index contributed by atoms with van der Waals surface area (Å²) in [5.74, 6) is -4.54. The van der Waals surface area contributed by atoms with Crippen molar-refractivity contribution in [3.05, 3.63) is 11.6 Å². The molecule has 5 rings (SSSR count). The molecule has 4 fully saturated rings. The van der Waals surface area contributed by atoms with Crippen molar-refractivity contribution in [2.75, 3.05) is 0 Å². The van der Waals surface area contributed by atoms with Crippen LogP contribution < -0.4 is 0 Å². The number of rotatable bonds is 5. The van der Waals surface area contributed by atoms with Gasteiger partial charge in [-0.05, 0) is 51.0 Å². The number of epoxide rings is 1. The number of aliphatic hydroxyl groups excluding tert-OH is 2. The zero-order valence-electron chi connectivity index (χ0n) is 21.5. The van der Waals surface area contributed by atoms with E-state index in [1.165, 1.54) is 0 Å². The van der Waals surface area contributed by atoms with Crippen molar-refractivity contribution >= 4 is 23.7 Å². The van der Waals surface area contributed by atoms with Crippen LogP contribution in [0, 0.1) is 28.1 Å². The number of hydrogen-bond acceptors (Lipinski definition) is 10. The van der Waals surface area contributed by atoms with Crippen LogP contribution in [0.4, 0.5) is 0 Å². The molecule has 2 saturated heterocycles. The van der Waals surface area contributed by atoms with E-state index in [4.69, 9.17) is 14.2 Å². The quantitative estimate of drug-likeness (QED) is 0.291. The molecule has 2 aliphatic carbocycles. The molecule has 4 N–H and O–H groups in total. The van der Waals surface area contributed by atoms with Crippen LogP contribution in [-0.4, -0.2) is 79.9 Å². The highest BCUT2D eigenvalue weighted by atomic mass is 16.7. The SMILES string of the molecule is CC(C)(O)[C@H]1CC(=O)[C@]2(C)[C@H]([C@@H](O)C[C@@]3(C)[C@H](C4=C[C@@H](O)OC4=O)OC(=O)[C@H]4O[C@]432)[C@@]1(C)CCC(=O)O. The summed E-state index contributed by atoms with van der Waals surface area (Å²) in [7, 11) is 0. The Bertz CT molecular complexity index is 1120. The maximum absolute atomic E-state index is 14.1. The van der Waals surface area contributed by atoms with Crippen molar-refractivity contribution in [3.8, 4) is 0 Å². The Hall–Kier alpha value is -2.34. The summed E-state index contributed by atoms with van der Waals surface area (Å²) in [6.45, 7) is 8.26. The number of aliphatic carboxylic acids is 1. The molecule has 204 valence electrons. The summed E-state index contributed by atoms with van der Waals surface area (Å²) in [5.41, 5.74) is -6.66. The second kappa shape index (κ2) is 7.62. The largest absolute Gasteiger partial charge is 0.481 e. The highest BCUT2D eigenvalue weighted by Gasteiger charge is 2.89. The van der Waals surface area contributed by atoms with Crippen molar-refractivity contribution in [2.24, 2.45) is 28.1 Å².